The van der Waals surface area contributed by atoms with Gasteiger partial charge in [0.05, 0.1) is 12.9 Å². The van der Waals surface area contributed by atoms with E-state index in [0.29, 0.717) is 37.3 Å². The first-order valence-electron chi connectivity index (χ1n) is 11.7. The summed E-state index contributed by atoms with van der Waals surface area (Å²) in [7, 11) is 0. The van der Waals surface area contributed by atoms with E-state index in [0.717, 1.165) is 18.5 Å². The van der Waals surface area contributed by atoms with E-state index in [1.54, 1.807) is 29.4 Å². The van der Waals surface area contributed by atoms with Crippen molar-refractivity contribution >= 4 is 11.7 Å². The van der Waals surface area contributed by atoms with Gasteiger partial charge in [-0.3, -0.25) is 9.36 Å². The first-order valence-corrected chi connectivity index (χ1v) is 11.7. The molecular weight excluding hydrogens is 404 g/mol. The number of aromatic nitrogens is 4. The lowest BCUT2D eigenvalue weighted by Gasteiger charge is -2.21. The molecule has 0 spiro atoms. The first kappa shape index (κ1) is 25.4. The molecular formula is C24H38N6O2. The number of anilines is 1. The van der Waals surface area contributed by atoms with Gasteiger partial charge in [-0.15, -0.1) is 0 Å². The number of imidazole rings is 1. The predicted molar refractivity (Wildman–Crippen MR) is 128 cm³/mol. The highest BCUT2D eigenvalue weighted by atomic mass is 16.5. The van der Waals surface area contributed by atoms with E-state index >= 15 is 0 Å². The summed E-state index contributed by atoms with van der Waals surface area (Å²) in [6.07, 6.45) is 14.9. The molecule has 2 aromatic rings. The average molecular weight is 443 g/mol. The summed E-state index contributed by atoms with van der Waals surface area (Å²) in [5.74, 6) is 1.49. The molecule has 32 heavy (non-hydrogen) atoms. The standard InChI is InChI=1S/C24H38N6O2/c1-5-7-8-9-11-20-17-22(29-24(27-20)30-14-13-25-18-30)28-21(16-19(3)4)23(31)26-12-10-15-32-6-2/h10,13-15,17-19,21H,5-9,11-12,16H2,1-4H3,(H,26,31)(H,27,28,29)/t21-/m0/s1. The van der Waals surface area contributed by atoms with Crippen LogP contribution in [0, 0.1) is 5.92 Å². The van der Waals surface area contributed by atoms with Crippen molar-refractivity contribution in [3.05, 3.63) is 42.8 Å². The highest BCUT2D eigenvalue weighted by molar-refractivity contribution is 5.84. The quantitative estimate of drug-likeness (QED) is 0.316. The van der Waals surface area contributed by atoms with Crippen LogP contribution in [0.15, 0.2) is 37.1 Å². The Morgan fingerprint density at radius 2 is 2.06 bits per heavy atom. The zero-order chi connectivity index (χ0) is 23.2. The number of carbonyl (C=O) groups excluding carboxylic acids is 1. The minimum absolute atomic E-state index is 0.0628. The van der Waals surface area contributed by atoms with Crippen LogP contribution in [-0.4, -0.2) is 44.6 Å². The van der Waals surface area contributed by atoms with Gasteiger partial charge >= 0.3 is 0 Å². The number of ether oxygens (including phenoxy) is 1. The van der Waals surface area contributed by atoms with E-state index in [1.807, 2.05) is 19.2 Å². The maximum Gasteiger partial charge on any atom is 0.242 e. The van der Waals surface area contributed by atoms with Crippen molar-refractivity contribution < 1.29 is 9.53 Å². The fraction of sp³-hybridized carbons (Fsp3) is 0.583. The van der Waals surface area contributed by atoms with Gasteiger partial charge in [0.25, 0.3) is 0 Å². The third-order valence-electron chi connectivity index (χ3n) is 4.89. The minimum atomic E-state index is -0.394. The molecule has 0 bridgehead atoms. The van der Waals surface area contributed by atoms with Gasteiger partial charge in [-0.25, -0.2) is 9.97 Å². The summed E-state index contributed by atoms with van der Waals surface area (Å²) in [6.45, 7) is 9.36. The maximum atomic E-state index is 12.9. The van der Waals surface area contributed by atoms with Crippen molar-refractivity contribution in [2.75, 3.05) is 18.5 Å². The number of hydrogen-bond acceptors (Lipinski definition) is 6. The summed E-state index contributed by atoms with van der Waals surface area (Å²) < 4.78 is 6.96. The lowest BCUT2D eigenvalue weighted by Crippen LogP contribution is -2.40. The molecule has 8 heteroatoms. The molecule has 0 fully saturated rings. The van der Waals surface area contributed by atoms with Crippen LogP contribution in [-0.2, 0) is 16.0 Å². The van der Waals surface area contributed by atoms with Crippen LogP contribution in [0.1, 0.15) is 65.5 Å². The Balaban J connectivity index is 2.16. The molecule has 2 aromatic heterocycles. The van der Waals surface area contributed by atoms with Crippen LogP contribution in [0.25, 0.3) is 5.95 Å². The average Bonchev–Trinajstić information content (AvgIpc) is 3.31. The largest absolute Gasteiger partial charge is 0.502 e. The Morgan fingerprint density at radius 1 is 1.22 bits per heavy atom. The molecule has 0 radical (unpaired) electrons. The van der Waals surface area contributed by atoms with Gasteiger partial charge in [0.2, 0.25) is 11.9 Å². The number of nitrogens with zero attached hydrogens (tertiary/aromatic N) is 4. The van der Waals surface area contributed by atoms with E-state index in [1.165, 1.54) is 19.3 Å². The molecule has 2 rings (SSSR count). The van der Waals surface area contributed by atoms with Crippen LogP contribution in [0.5, 0.6) is 0 Å². The third-order valence-corrected chi connectivity index (χ3v) is 4.89. The second kappa shape index (κ2) is 14.2. The van der Waals surface area contributed by atoms with Crippen LogP contribution in [0.2, 0.25) is 0 Å². The minimum Gasteiger partial charge on any atom is -0.502 e. The smallest absolute Gasteiger partial charge is 0.242 e. The van der Waals surface area contributed by atoms with Crippen molar-refractivity contribution in [1.29, 1.82) is 0 Å². The van der Waals surface area contributed by atoms with Crippen LogP contribution < -0.4 is 10.6 Å². The zero-order valence-corrected chi connectivity index (χ0v) is 19.9. The molecule has 0 saturated heterocycles. The highest BCUT2D eigenvalue weighted by Gasteiger charge is 2.20. The predicted octanol–water partition coefficient (Wildman–Crippen LogP) is 4.28. The zero-order valence-electron chi connectivity index (χ0n) is 19.9. The van der Waals surface area contributed by atoms with Crippen LogP contribution in [0.3, 0.4) is 0 Å². The third kappa shape index (κ3) is 9.08. The number of rotatable bonds is 15. The van der Waals surface area contributed by atoms with Gasteiger partial charge in [0.1, 0.15) is 18.2 Å². The molecule has 0 aliphatic carbocycles. The number of carbonyl (C=O) groups is 1. The van der Waals surface area contributed by atoms with Gasteiger partial charge in [-0.05, 0) is 38.2 Å². The molecule has 1 atom stereocenters. The van der Waals surface area contributed by atoms with Gasteiger partial charge in [-0.1, -0.05) is 40.0 Å². The van der Waals surface area contributed by atoms with Crippen molar-refractivity contribution in [1.82, 2.24) is 24.8 Å². The lowest BCUT2D eigenvalue weighted by molar-refractivity contribution is -0.121. The van der Waals surface area contributed by atoms with Crippen molar-refractivity contribution in [2.24, 2.45) is 5.92 Å². The Morgan fingerprint density at radius 3 is 2.75 bits per heavy atom. The Labute approximate surface area is 191 Å². The van der Waals surface area contributed by atoms with E-state index < -0.39 is 6.04 Å². The fourth-order valence-electron chi connectivity index (χ4n) is 3.29. The Bertz CT molecular complexity index is 820. The molecule has 0 unspecified atom stereocenters. The molecule has 2 N–H and O–H groups in total. The van der Waals surface area contributed by atoms with Gasteiger partial charge in [0.15, 0.2) is 0 Å². The van der Waals surface area contributed by atoms with Crippen molar-refractivity contribution in [3.8, 4) is 5.95 Å². The van der Waals surface area contributed by atoms with Gasteiger partial charge in [0, 0.05) is 30.7 Å². The number of unbranched alkanes of at least 4 members (excludes halogenated alkanes) is 3. The summed E-state index contributed by atoms with van der Waals surface area (Å²) in [5.41, 5.74) is 0.964. The van der Waals surface area contributed by atoms with E-state index in [4.69, 9.17) is 9.72 Å². The number of amides is 1. The monoisotopic (exact) mass is 442 g/mol. The van der Waals surface area contributed by atoms with E-state index in [9.17, 15) is 4.79 Å². The topological polar surface area (TPSA) is 94.0 Å². The molecule has 0 aliphatic rings. The highest BCUT2D eigenvalue weighted by Crippen LogP contribution is 2.16. The molecule has 8 nitrogen and oxygen atoms in total. The first-order chi connectivity index (χ1) is 15.5. The Hall–Kier alpha value is -2.90. The van der Waals surface area contributed by atoms with Crippen LogP contribution >= 0.6 is 0 Å². The molecule has 176 valence electrons. The van der Waals surface area contributed by atoms with Crippen LogP contribution in [0.4, 0.5) is 5.82 Å². The summed E-state index contributed by atoms with van der Waals surface area (Å²) >= 11 is 0. The SMILES string of the molecule is CCCCCCc1cc(N[C@@H](CC(C)C)C(=O)NCC=COCC)nc(-n2ccnc2)n1. The molecule has 0 aliphatic heterocycles. The Kier molecular flexibility index (Phi) is 11.3. The molecule has 0 saturated carbocycles. The number of hydrogen-bond donors (Lipinski definition) is 2. The summed E-state index contributed by atoms with van der Waals surface area (Å²) in [5, 5.41) is 6.30. The number of nitrogens with one attached hydrogen (secondary N) is 2. The van der Waals surface area contributed by atoms with Gasteiger partial charge < -0.3 is 15.4 Å². The van der Waals surface area contributed by atoms with E-state index in [-0.39, 0.29) is 5.91 Å². The molecule has 1 amide bonds. The summed E-state index contributed by atoms with van der Waals surface area (Å²) in [4.78, 5) is 26.3. The van der Waals surface area contributed by atoms with Gasteiger partial charge in [-0.2, -0.15) is 4.98 Å². The normalized spacial score (nSPS) is 12.3. The molecule has 0 aromatic carbocycles. The second-order valence-corrected chi connectivity index (χ2v) is 8.22. The van der Waals surface area contributed by atoms with Crippen molar-refractivity contribution in [3.63, 3.8) is 0 Å². The number of aryl methyl sites for hydroxylation is 1. The maximum absolute atomic E-state index is 12.9. The molecule has 2 heterocycles. The van der Waals surface area contributed by atoms with Crippen molar-refractivity contribution in [2.45, 2.75) is 72.3 Å². The summed E-state index contributed by atoms with van der Waals surface area (Å²) in [6, 6.07) is 1.57. The lowest BCUT2D eigenvalue weighted by atomic mass is 10.0. The van der Waals surface area contributed by atoms with E-state index in [2.05, 4.69) is 41.4 Å². The fourth-order valence-corrected chi connectivity index (χ4v) is 3.29. The second-order valence-electron chi connectivity index (χ2n) is 8.22.